The number of amides is 2. The van der Waals surface area contributed by atoms with Crippen molar-refractivity contribution in [1.82, 2.24) is 9.80 Å². The predicted octanol–water partition coefficient (Wildman–Crippen LogP) is 3.58. The number of likely N-dealkylation sites (tertiary alicyclic amines) is 2. The zero-order chi connectivity index (χ0) is 12.8. The van der Waals surface area contributed by atoms with Gasteiger partial charge in [0.25, 0.3) is 10.5 Å². The molecule has 2 fully saturated rings. The minimum atomic E-state index is 0.0464. The highest BCUT2D eigenvalue weighted by atomic mass is 33.1. The molecule has 0 radical (unpaired) electrons. The third-order valence-electron chi connectivity index (χ3n) is 3.41. The molecule has 0 saturated carbocycles. The van der Waals surface area contributed by atoms with Crippen LogP contribution in [0.5, 0.6) is 0 Å². The third kappa shape index (κ3) is 4.09. The SMILES string of the molecule is O=C(SSC(=O)N1CCCCC1)N1CCCCC1. The van der Waals surface area contributed by atoms with Crippen LogP contribution >= 0.6 is 21.6 Å². The molecule has 0 aromatic carbocycles. The smallest absolute Gasteiger partial charge is 0.292 e. The zero-order valence-corrected chi connectivity index (χ0v) is 12.2. The van der Waals surface area contributed by atoms with E-state index in [4.69, 9.17) is 0 Å². The van der Waals surface area contributed by atoms with Crippen molar-refractivity contribution in [2.24, 2.45) is 0 Å². The van der Waals surface area contributed by atoms with Crippen LogP contribution in [0.15, 0.2) is 0 Å². The minimum Gasteiger partial charge on any atom is -0.333 e. The molecule has 2 aliphatic rings. The molecule has 6 heteroatoms. The Labute approximate surface area is 116 Å². The lowest BCUT2D eigenvalue weighted by atomic mass is 10.1. The molecule has 0 aromatic heterocycles. The van der Waals surface area contributed by atoms with E-state index >= 15 is 0 Å². The second-order valence-electron chi connectivity index (χ2n) is 4.79. The molecule has 0 aliphatic carbocycles. The quantitative estimate of drug-likeness (QED) is 0.639. The van der Waals surface area contributed by atoms with Gasteiger partial charge < -0.3 is 9.80 Å². The van der Waals surface area contributed by atoms with Crippen molar-refractivity contribution in [2.75, 3.05) is 26.2 Å². The summed E-state index contributed by atoms with van der Waals surface area (Å²) in [5.74, 6) is 0. The van der Waals surface area contributed by atoms with Crippen LogP contribution in [0.4, 0.5) is 9.59 Å². The normalized spacial score (nSPS) is 20.9. The lowest BCUT2D eigenvalue weighted by molar-refractivity contribution is 0.210. The van der Waals surface area contributed by atoms with E-state index in [2.05, 4.69) is 0 Å². The van der Waals surface area contributed by atoms with E-state index < -0.39 is 0 Å². The van der Waals surface area contributed by atoms with Gasteiger partial charge in [-0.25, -0.2) is 0 Å². The molecule has 0 atom stereocenters. The average Bonchev–Trinajstić information content (AvgIpc) is 2.46. The number of carbonyl (C=O) groups is 2. The van der Waals surface area contributed by atoms with Crippen LogP contribution in [0, 0.1) is 0 Å². The molecule has 2 aliphatic heterocycles. The van der Waals surface area contributed by atoms with Crippen molar-refractivity contribution in [2.45, 2.75) is 38.5 Å². The Morgan fingerprint density at radius 3 is 1.28 bits per heavy atom. The van der Waals surface area contributed by atoms with Crippen LogP contribution in [-0.2, 0) is 0 Å². The van der Waals surface area contributed by atoms with Gasteiger partial charge in [0, 0.05) is 47.8 Å². The maximum atomic E-state index is 11.9. The first-order valence-corrected chi connectivity index (χ1v) is 8.85. The number of hydrogen-bond acceptors (Lipinski definition) is 4. The highest BCUT2D eigenvalue weighted by Gasteiger charge is 2.22. The average molecular weight is 288 g/mol. The molecular weight excluding hydrogens is 268 g/mol. The first-order chi connectivity index (χ1) is 8.77. The summed E-state index contributed by atoms with van der Waals surface area (Å²) >= 11 is 0. The Bertz CT molecular complexity index is 270. The van der Waals surface area contributed by atoms with Crippen molar-refractivity contribution in [3.63, 3.8) is 0 Å². The molecule has 4 nitrogen and oxygen atoms in total. The van der Waals surface area contributed by atoms with Crippen LogP contribution in [0.25, 0.3) is 0 Å². The molecule has 18 heavy (non-hydrogen) atoms. The molecular formula is C12H20N2O2S2. The van der Waals surface area contributed by atoms with Crippen molar-refractivity contribution in [1.29, 1.82) is 0 Å². The Kier molecular flexibility index (Phi) is 5.69. The van der Waals surface area contributed by atoms with Gasteiger partial charge in [-0.2, -0.15) is 0 Å². The summed E-state index contributed by atoms with van der Waals surface area (Å²) in [4.78, 5) is 27.5. The van der Waals surface area contributed by atoms with Crippen molar-refractivity contribution < 1.29 is 9.59 Å². The summed E-state index contributed by atoms with van der Waals surface area (Å²) in [7, 11) is 2.19. The highest BCUT2D eigenvalue weighted by Crippen LogP contribution is 2.29. The van der Waals surface area contributed by atoms with Gasteiger partial charge in [-0.05, 0) is 38.5 Å². The fourth-order valence-corrected chi connectivity index (χ4v) is 4.11. The summed E-state index contributed by atoms with van der Waals surface area (Å²) in [6, 6.07) is 0. The number of rotatable bonds is 0. The van der Waals surface area contributed by atoms with E-state index in [1.54, 1.807) is 0 Å². The van der Waals surface area contributed by atoms with E-state index in [0.29, 0.717) is 0 Å². The zero-order valence-electron chi connectivity index (χ0n) is 10.6. The summed E-state index contributed by atoms with van der Waals surface area (Å²) in [6.07, 6.45) is 6.81. The second-order valence-corrected chi connectivity index (χ2v) is 6.83. The Morgan fingerprint density at radius 2 is 0.944 bits per heavy atom. The molecule has 0 aromatic rings. The largest absolute Gasteiger partial charge is 0.333 e. The van der Waals surface area contributed by atoms with Gasteiger partial charge in [0.15, 0.2) is 0 Å². The van der Waals surface area contributed by atoms with Crippen molar-refractivity contribution in [3.8, 4) is 0 Å². The Morgan fingerprint density at radius 1 is 0.611 bits per heavy atom. The molecule has 2 saturated heterocycles. The summed E-state index contributed by atoms with van der Waals surface area (Å²) < 4.78 is 0. The third-order valence-corrected chi connectivity index (χ3v) is 5.40. The lowest BCUT2D eigenvalue weighted by Crippen LogP contribution is -2.34. The molecule has 2 rings (SSSR count). The number of nitrogens with zero attached hydrogens (tertiary/aromatic N) is 2. The maximum Gasteiger partial charge on any atom is 0.292 e. The molecule has 102 valence electrons. The van der Waals surface area contributed by atoms with Gasteiger partial charge in [-0.15, -0.1) is 0 Å². The summed E-state index contributed by atoms with van der Waals surface area (Å²) in [5, 5.41) is 0.0927. The molecule has 2 amide bonds. The topological polar surface area (TPSA) is 40.6 Å². The summed E-state index contributed by atoms with van der Waals surface area (Å²) in [5.41, 5.74) is 0. The fourth-order valence-electron chi connectivity index (χ4n) is 2.33. The van der Waals surface area contributed by atoms with Crippen LogP contribution < -0.4 is 0 Å². The fraction of sp³-hybridized carbons (Fsp3) is 0.833. The minimum absolute atomic E-state index is 0.0464. The maximum absolute atomic E-state index is 11.9. The van der Waals surface area contributed by atoms with E-state index in [0.717, 1.165) is 73.5 Å². The highest BCUT2D eigenvalue weighted by molar-refractivity contribution is 8.87. The monoisotopic (exact) mass is 288 g/mol. The molecule has 0 unspecified atom stereocenters. The van der Waals surface area contributed by atoms with Gasteiger partial charge in [-0.3, -0.25) is 9.59 Å². The van der Waals surface area contributed by atoms with E-state index in [9.17, 15) is 9.59 Å². The van der Waals surface area contributed by atoms with Crippen molar-refractivity contribution >= 4 is 32.1 Å². The second kappa shape index (κ2) is 7.28. The van der Waals surface area contributed by atoms with Crippen LogP contribution in [0.3, 0.4) is 0 Å². The van der Waals surface area contributed by atoms with Gasteiger partial charge >= 0.3 is 0 Å². The Balaban J connectivity index is 1.69. The van der Waals surface area contributed by atoms with E-state index in [1.807, 2.05) is 9.80 Å². The van der Waals surface area contributed by atoms with Gasteiger partial charge in [0.05, 0.1) is 0 Å². The van der Waals surface area contributed by atoms with Gasteiger partial charge in [-0.1, -0.05) is 0 Å². The van der Waals surface area contributed by atoms with E-state index in [1.165, 1.54) is 12.8 Å². The van der Waals surface area contributed by atoms with Crippen LogP contribution in [0.1, 0.15) is 38.5 Å². The first kappa shape index (κ1) is 14.1. The molecule has 0 spiro atoms. The first-order valence-electron chi connectivity index (χ1n) is 6.70. The number of hydrogen-bond donors (Lipinski definition) is 0. The molecule has 2 heterocycles. The number of carbonyl (C=O) groups excluding carboxylic acids is 2. The van der Waals surface area contributed by atoms with Crippen molar-refractivity contribution in [3.05, 3.63) is 0 Å². The number of piperidine rings is 2. The standard InChI is InChI=1S/C12H20N2O2S2/c15-11(13-7-3-1-4-8-13)17-18-12(16)14-9-5-2-6-10-14/h1-10H2. The Hall–Kier alpha value is -0.360. The van der Waals surface area contributed by atoms with Crippen LogP contribution in [-0.4, -0.2) is 46.5 Å². The van der Waals surface area contributed by atoms with E-state index in [-0.39, 0.29) is 10.5 Å². The lowest BCUT2D eigenvalue weighted by Gasteiger charge is -2.27. The van der Waals surface area contributed by atoms with Crippen LogP contribution in [0.2, 0.25) is 0 Å². The summed E-state index contributed by atoms with van der Waals surface area (Å²) in [6.45, 7) is 3.41. The van der Waals surface area contributed by atoms with Gasteiger partial charge in [0.2, 0.25) is 0 Å². The van der Waals surface area contributed by atoms with Gasteiger partial charge in [0.1, 0.15) is 0 Å². The molecule has 0 bridgehead atoms. The molecule has 0 N–H and O–H groups in total. The predicted molar refractivity (Wildman–Crippen MR) is 76.8 cm³/mol.